The number of unbranched alkanes of at least 4 members (excludes halogenated alkanes) is 6. The normalized spacial score (nSPS) is 11.2. The Hall–Kier alpha value is -1.51. The summed E-state index contributed by atoms with van der Waals surface area (Å²) >= 11 is 0. The number of fused-ring (bicyclic) bond motifs is 1. The van der Waals surface area contributed by atoms with E-state index in [2.05, 4.69) is 6.92 Å². The Morgan fingerprint density at radius 2 is 1.68 bits per heavy atom. The molecule has 19 heavy (non-hydrogen) atoms. The maximum absolute atomic E-state index is 11.7. The lowest BCUT2D eigenvalue weighted by molar-refractivity contribution is 0.484. The van der Waals surface area contributed by atoms with Gasteiger partial charge in [-0.2, -0.15) is 0 Å². The first-order valence-electron chi connectivity index (χ1n) is 7.41. The van der Waals surface area contributed by atoms with Gasteiger partial charge >= 0.3 is 5.76 Å². The van der Waals surface area contributed by atoms with Crippen molar-refractivity contribution in [3.05, 3.63) is 34.8 Å². The van der Waals surface area contributed by atoms with Crippen molar-refractivity contribution in [1.29, 1.82) is 0 Å². The highest BCUT2D eigenvalue weighted by Gasteiger charge is 2.07. The lowest BCUT2D eigenvalue weighted by atomic mass is 10.1. The van der Waals surface area contributed by atoms with Crippen LogP contribution >= 0.6 is 0 Å². The van der Waals surface area contributed by atoms with E-state index in [-0.39, 0.29) is 5.76 Å². The van der Waals surface area contributed by atoms with Crippen LogP contribution in [0.4, 0.5) is 0 Å². The van der Waals surface area contributed by atoms with Gasteiger partial charge in [0, 0.05) is 6.54 Å². The molecule has 1 heterocycles. The monoisotopic (exact) mass is 261 g/mol. The van der Waals surface area contributed by atoms with Crippen molar-refractivity contribution in [2.75, 3.05) is 0 Å². The Morgan fingerprint density at radius 3 is 2.47 bits per heavy atom. The molecule has 1 aromatic carbocycles. The average Bonchev–Trinajstić information content (AvgIpc) is 2.74. The fourth-order valence-corrected chi connectivity index (χ4v) is 2.45. The van der Waals surface area contributed by atoms with E-state index in [4.69, 9.17) is 4.42 Å². The molecule has 104 valence electrons. The van der Waals surface area contributed by atoms with Crippen molar-refractivity contribution in [2.45, 2.75) is 58.4 Å². The zero-order valence-corrected chi connectivity index (χ0v) is 11.7. The lowest BCUT2D eigenvalue weighted by Gasteiger charge is -2.02. The Kier molecular flexibility index (Phi) is 5.25. The summed E-state index contributed by atoms with van der Waals surface area (Å²) in [4.78, 5) is 11.7. The highest BCUT2D eigenvalue weighted by atomic mass is 16.4. The molecule has 0 aliphatic heterocycles. The molecule has 0 fully saturated rings. The number of benzene rings is 1. The predicted molar refractivity (Wildman–Crippen MR) is 78.5 cm³/mol. The SMILES string of the molecule is CCCCCCCCCn1c(=O)oc2ccccc21. The quantitative estimate of drug-likeness (QED) is 0.662. The third-order valence-electron chi connectivity index (χ3n) is 3.56. The van der Waals surface area contributed by atoms with Gasteiger partial charge in [0.2, 0.25) is 0 Å². The van der Waals surface area contributed by atoms with Crippen molar-refractivity contribution < 1.29 is 4.42 Å². The molecule has 0 aliphatic rings. The van der Waals surface area contributed by atoms with Crippen LogP contribution < -0.4 is 5.76 Å². The van der Waals surface area contributed by atoms with Gasteiger partial charge in [-0.3, -0.25) is 4.57 Å². The van der Waals surface area contributed by atoms with Gasteiger partial charge in [0.15, 0.2) is 5.58 Å². The van der Waals surface area contributed by atoms with Gasteiger partial charge in [0.25, 0.3) is 0 Å². The largest absolute Gasteiger partial charge is 0.419 e. The molecule has 0 N–H and O–H groups in total. The zero-order valence-electron chi connectivity index (χ0n) is 11.7. The van der Waals surface area contributed by atoms with E-state index in [1.165, 1.54) is 38.5 Å². The van der Waals surface area contributed by atoms with Crippen LogP contribution in [0.3, 0.4) is 0 Å². The van der Waals surface area contributed by atoms with Crippen LogP contribution in [-0.4, -0.2) is 4.57 Å². The number of nitrogens with zero attached hydrogens (tertiary/aromatic N) is 1. The molecule has 2 aromatic rings. The van der Waals surface area contributed by atoms with Gasteiger partial charge < -0.3 is 4.42 Å². The van der Waals surface area contributed by atoms with E-state index in [1.54, 1.807) is 4.57 Å². The Balaban J connectivity index is 1.82. The van der Waals surface area contributed by atoms with Crippen LogP contribution in [0.15, 0.2) is 33.5 Å². The summed E-state index contributed by atoms with van der Waals surface area (Å²) < 4.78 is 6.97. The van der Waals surface area contributed by atoms with E-state index < -0.39 is 0 Å². The number of hydrogen-bond acceptors (Lipinski definition) is 2. The first-order valence-corrected chi connectivity index (χ1v) is 7.41. The van der Waals surface area contributed by atoms with Crippen LogP contribution in [0.5, 0.6) is 0 Å². The minimum atomic E-state index is -0.229. The topological polar surface area (TPSA) is 35.1 Å². The molecule has 3 heteroatoms. The van der Waals surface area contributed by atoms with E-state index >= 15 is 0 Å². The van der Waals surface area contributed by atoms with Crippen molar-refractivity contribution in [3.63, 3.8) is 0 Å². The Bertz CT molecular complexity index is 553. The van der Waals surface area contributed by atoms with Crippen LogP contribution in [0.25, 0.3) is 11.1 Å². The number of aryl methyl sites for hydroxylation is 1. The van der Waals surface area contributed by atoms with E-state index in [1.807, 2.05) is 24.3 Å². The highest BCUT2D eigenvalue weighted by Crippen LogP contribution is 2.13. The van der Waals surface area contributed by atoms with Gasteiger partial charge in [0.05, 0.1) is 5.52 Å². The molecule has 2 rings (SSSR count). The molecule has 0 radical (unpaired) electrons. The maximum atomic E-state index is 11.7. The number of oxazole rings is 1. The fraction of sp³-hybridized carbons (Fsp3) is 0.562. The molecule has 0 aliphatic carbocycles. The predicted octanol–water partition coefficient (Wildman–Crippen LogP) is 4.35. The van der Waals surface area contributed by atoms with Crippen LogP contribution in [0, 0.1) is 0 Å². The minimum Gasteiger partial charge on any atom is -0.408 e. The first kappa shape index (κ1) is 13.9. The summed E-state index contributed by atoms with van der Waals surface area (Å²) in [6.07, 6.45) is 8.79. The fourth-order valence-electron chi connectivity index (χ4n) is 2.45. The first-order chi connectivity index (χ1) is 9.33. The summed E-state index contributed by atoms with van der Waals surface area (Å²) in [5.74, 6) is -0.229. The van der Waals surface area contributed by atoms with Crippen LogP contribution in [-0.2, 0) is 6.54 Å². The maximum Gasteiger partial charge on any atom is 0.419 e. The summed E-state index contributed by atoms with van der Waals surface area (Å²) in [6.45, 7) is 3.00. The molecule has 3 nitrogen and oxygen atoms in total. The van der Waals surface area contributed by atoms with Crippen molar-refractivity contribution in [2.24, 2.45) is 0 Å². The summed E-state index contributed by atoms with van der Waals surface area (Å²) in [6, 6.07) is 7.63. The molecular formula is C16H23NO2. The van der Waals surface area contributed by atoms with Crippen molar-refractivity contribution >= 4 is 11.1 Å². The minimum absolute atomic E-state index is 0.229. The molecule has 1 aromatic heterocycles. The summed E-state index contributed by atoms with van der Waals surface area (Å²) in [5.41, 5.74) is 1.61. The molecule has 0 saturated heterocycles. The van der Waals surface area contributed by atoms with E-state index in [9.17, 15) is 4.79 Å². The molecular weight excluding hydrogens is 238 g/mol. The van der Waals surface area contributed by atoms with Gasteiger partial charge in [-0.15, -0.1) is 0 Å². The second-order valence-corrected chi connectivity index (χ2v) is 5.11. The second-order valence-electron chi connectivity index (χ2n) is 5.11. The lowest BCUT2D eigenvalue weighted by Crippen LogP contribution is -2.14. The molecule has 0 spiro atoms. The number of hydrogen-bond donors (Lipinski definition) is 0. The van der Waals surface area contributed by atoms with Gasteiger partial charge in [-0.05, 0) is 18.6 Å². The third kappa shape index (κ3) is 3.72. The van der Waals surface area contributed by atoms with Gasteiger partial charge in [-0.1, -0.05) is 57.6 Å². The number of aromatic nitrogens is 1. The third-order valence-corrected chi connectivity index (χ3v) is 3.56. The summed E-state index contributed by atoms with van der Waals surface area (Å²) in [7, 11) is 0. The average molecular weight is 261 g/mol. The Labute approximate surface area is 114 Å². The number of para-hydroxylation sites is 2. The summed E-state index contributed by atoms with van der Waals surface area (Å²) in [5, 5.41) is 0. The van der Waals surface area contributed by atoms with Crippen molar-refractivity contribution in [1.82, 2.24) is 4.57 Å². The molecule has 0 unspecified atom stereocenters. The molecule has 0 bridgehead atoms. The van der Waals surface area contributed by atoms with E-state index in [0.717, 1.165) is 18.5 Å². The standard InChI is InChI=1S/C16H23NO2/c1-2-3-4-5-6-7-10-13-17-14-11-8-9-12-15(14)19-16(17)18/h8-9,11-12H,2-7,10,13H2,1H3. The second kappa shape index (κ2) is 7.17. The zero-order chi connectivity index (χ0) is 13.5. The van der Waals surface area contributed by atoms with E-state index in [0.29, 0.717) is 5.58 Å². The smallest absolute Gasteiger partial charge is 0.408 e. The number of rotatable bonds is 8. The molecule has 0 amide bonds. The van der Waals surface area contributed by atoms with Gasteiger partial charge in [-0.25, -0.2) is 4.79 Å². The van der Waals surface area contributed by atoms with Crippen molar-refractivity contribution in [3.8, 4) is 0 Å². The Morgan fingerprint density at radius 1 is 1.00 bits per heavy atom. The van der Waals surface area contributed by atoms with Crippen LogP contribution in [0.1, 0.15) is 51.9 Å². The highest BCUT2D eigenvalue weighted by molar-refractivity contribution is 5.72. The van der Waals surface area contributed by atoms with Gasteiger partial charge in [0.1, 0.15) is 0 Å². The molecule has 0 atom stereocenters. The molecule has 0 saturated carbocycles. The van der Waals surface area contributed by atoms with Crippen LogP contribution in [0.2, 0.25) is 0 Å².